The number of piperidine rings is 1. The molecule has 62 heavy (non-hydrogen) atoms. The predicted octanol–water partition coefficient (Wildman–Crippen LogP) is 7.16. The Kier molecular flexibility index (Phi) is 9.89. The highest BCUT2D eigenvalue weighted by Crippen LogP contribution is 2.64. The molecular weight excluding hydrogens is 868 g/mol. The number of hydrogen-bond acceptors (Lipinski definition) is 10. The highest BCUT2D eigenvalue weighted by Gasteiger charge is 2.63. The molecule has 13 nitrogen and oxygen atoms in total. The summed E-state index contributed by atoms with van der Waals surface area (Å²) in [6.07, 6.45) is -3.41. The molecule has 5 heterocycles. The number of carbonyl (C=O) groups excluding carboxylic acids is 1. The van der Waals surface area contributed by atoms with Gasteiger partial charge in [0, 0.05) is 54.2 Å². The van der Waals surface area contributed by atoms with Crippen LogP contribution < -0.4 is 14.9 Å². The number of halogens is 7. The number of nitrogens with one attached hydrogen (secondary N) is 2. The molecule has 1 saturated heterocycles. The van der Waals surface area contributed by atoms with Crippen molar-refractivity contribution in [1.82, 2.24) is 34.8 Å². The van der Waals surface area contributed by atoms with Crippen molar-refractivity contribution in [1.29, 1.82) is 0 Å². The Hall–Kier alpha value is -5.35. The number of anilines is 2. The van der Waals surface area contributed by atoms with E-state index in [4.69, 9.17) is 9.97 Å². The van der Waals surface area contributed by atoms with Gasteiger partial charge in [0.05, 0.1) is 33.8 Å². The van der Waals surface area contributed by atoms with Gasteiger partial charge >= 0.3 is 6.18 Å². The average molecular weight is 906 g/mol. The van der Waals surface area contributed by atoms with Gasteiger partial charge in [0.2, 0.25) is 15.9 Å². The molecule has 0 radical (unpaired) electrons. The molecule has 0 bridgehead atoms. The van der Waals surface area contributed by atoms with Crippen LogP contribution in [-0.2, 0) is 46.9 Å². The van der Waals surface area contributed by atoms with Crippen LogP contribution in [0.25, 0.3) is 32.4 Å². The summed E-state index contributed by atoms with van der Waals surface area (Å²) in [7, 11) is -2.21. The third-order valence-corrected chi connectivity index (χ3v) is 13.6. The monoisotopic (exact) mass is 905 g/mol. The van der Waals surface area contributed by atoms with Gasteiger partial charge < -0.3 is 15.3 Å². The molecular formula is C40H38F7N9O4S2. The van der Waals surface area contributed by atoms with Gasteiger partial charge in [0.1, 0.15) is 23.9 Å². The first kappa shape index (κ1) is 42.0. The molecule has 0 spiro atoms. The minimum atomic E-state index is -5.08. The molecule has 1 unspecified atom stereocenters. The number of carbonyl (C=O) groups is 1. The van der Waals surface area contributed by atoms with E-state index in [0.29, 0.717) is 68.5 Å². The van der Waals surface area contributed by atoms with Crippen LogP contribution in [0.3, 0.4) is 0 Å². The third kappa shape index (κ3) is 7.52. The fraction of sp³-hybridized carbons (Fsp3) is 0.425. The molecule has 1 aliphatic heterocycles. The number of alkyl halides is 5. The van der Waals surface area contributed by atoms with E-state index in [1.165, 1.54) is 16.0 Å². The van der Waals surface area contributed by atoms with E-state index in [0.717, 1.165) is 18.4 Å². The SMILES string of the molecule is Cn1nc(NS(C)(=O)=O)c2cccc(-c3cc4sc(N5CCC(C)(O)CC5)nc4nc3C(Cc3cc(F)cc(F)c3)NC(=O)Cn3nc(C(F)(F)F)c4c3C(F)(F)[C@@H]3CC[C@H]43)c21. The molecule has 3 aliphatic rings. The molecule has 1 saturated carbocycles. The molecule has 9 rings (SSSR count). The topological polar surface area (TPSA) is 160 Å². The van der Waals surface area contributed by atoms with Gasteiger partial charge in [-0.3, -0.25) is 18.9 Å². The van der Waals surface area contributed by atoms with Gasteiger partial charge in [-0.2, -0.15) is 37.1 Å². The number of aliphatic hydroxyl groups is 1. The lowest BCUT2D eigenvalue weighted by Crippen LogP contribution is -2.42. The van der Waals surface area contributed by atoms with Crippen molar-refractivity contribution in [3.8, 4) is 11.1 Å². The van der Waals surface area contributed by atoms with E-state index < -0.39 is 86.6 Å². The van der Waals surface area contributed by atoms with Crippen molar-refractivity contribution in [3.63, 3.8) is 0 Å². The first-order valence-electron chi connectivity index (χ1n) is 19.6. The second-order valence-electron chi connectivity index (χ2n) is 16.6. The highest BCUT2D eigenvalue weighted by atomic mass is 32.2. The summed E-state index contributed by atoms with van der Waals surface area (Å²) in [4.78, 5) is 25.9. The molecule has 3 N–H and O–H groups in total. The normalized spacial score (nSPS) is 20.0. The van der Waals surface area contributed by atoms with Gasteiger partial charge in [-0.15, -0.1) is 0 Å². The largest absolute Gasteiger partial charge is 0.435 e. The van der Waals surface area contributed by atoms with Crippen LogP contribution in [0.15, 0.2) is 42.5 Å². The van der Waals surface area contributed by atoms with E-state index in [-0.39, 0.29) is 42.0 Å². The Bertz CT molecular complexity index is 2880. The minimum Gasteiger partial charge on any atom is -0.390 e. The molecule has 3 atom stereocenters. The summed E-state index contributed by atoms with van der Waals surface area (Å²) in [5.74, 6) is -9.02. The van der Waals surface area contributed by atoms with Crippen molar-refractivity contribution in [2.75, 3.05) is 29.0 Å². The van der Waals surface area contributed by atoms with Crippen LogP contribution in [-0.4, -0.2) is 73.9 Å². The highest BCUT2D eigenvalue weighted by molar-refractivity contribution is 7.92. The molecule has 6 aromatic rings. The average Bonchev–Trinajstić information content (AvgIpc) is 3.85. The smallest absolute Gasteiger partial charge is 0.390 e. The summed E-state index contributed by atoms with van der Waals surface area (Å²) in [6.45, 7) is 1.65. The molecule has 2 aliphatic carbocycles. The van der Waals surface area contributed by atoms with Crippen molar-refractivity contribution in [2.24, 2.45) is 13.0 Å². The first-order valence-corrected chi connectivity index (χ1v) is 22.3. The van der Waals surface area contributed by atoms with Gasteiger partial charge in [0.25, 0.3) is 5.92 Å². The van der Waals surface area contributed by atoms with Crippen molar-refractivity contribution >= 4 is 59.5 Å². The molecule has 22 heteroatoms. The summed E-state index contributed by atoms with van der Waals surface area (Å²) in [5, 5.41) is 22.2. The maximum Gasteiger partial charge on any atom is 0.435 e. The van der Waals surface area contributed by atoms with Crippen molar-refractivity contribution < 1.29 is 49.1 Å². The lowest BCUT2D eigenvalue weighted by molar-refractivity contribution is -0.144. The first-order chi connectivity index (χ1) is 29.1. The van der Waals surface area contributed by atoms with Crippen LogP contribution in [0.4, 0.5) is 41.7 Å². The number of nitrogens with zero attached hydrogens (tertiary/aromatic N) is 7. The van der Waals surface area contributed by atoms with Crippen molar-refractivity contribution in [3.05, 3.63) is 82.3 Å². The van der Waals surface area contributed by atoms with Gasteiger partial charge in [0.15, 0.2) is 22.3 Å². The number of rotatable bonds is 10. The molecule has 328 valence electrons. The van der Waals surface area contributed by atoms with Gasteiger partial charge in [-0.05, 0) is 74.8 Å². The lowest BCUT2D eigenvalue weighted by atomic mass is 9.73. The second kappa shape index (κ2) is 14.6. The van der Waals surface area contributed by atoms with E-state index in [1.54, 1.807) is 38.2 Å². The third-order valence-electron chi connectivity index (χ3n) is 12.0. The number of benzene rings is 2. The fourth-order valence-electron chi connectivity index (χ4n) is 8.98. The van der Waals surface area contributed by atoms with Crippen LogP contribution in [0, 0.1) is 17.6 Å². The zero-order valence-electron chi connectivity index (χ0n) is 33.2. The van der Waals surface area contributed by atoms with Gasteiger partial charge in [-0.25, -0.2) is 22.2 Å². The number of hydrogen-bond donors (Lipinski definition) is 3. The van der Waals surface area contributed by atoms with Crippen LogP contribution in [0.5, 0.6) is 0 Å². The zero-order valence-corrected chi connectivity index (χ0v) is 34.8. The Balaban J connectivity index is 1.19. The summed E-state index contributed by atoms with van der Waals surface area (Å²) < 4.78 is 133. The number of para-hydroxylation sites is 1. The number of thiazole rings is 1. The quantitative estimate of drug-likeness (QED) is 0.121. The molecule has 4 aromatic heterocycles. The Labute approximate surface area is 353 Å². The summed E-state index contributed by atoms with van der Waals surface area (Å²) in [6, 6.07) is 8.08. The van der Waals surface area contributed by atoms with Crippen LogP contribution >= 0.6 is 11.3 Å². The lowest BCUT2D eigenvalue weighted by Gasteiger charge is -2.35. The maximum absolute atomic E-state index is 15.7. The number of sulfonamides is 1. The summed E-state index contributed by atoms with van der Waals surface area (Å²) >= 11 is 1.30. The second-order valence-corrected chi connectivity index (χ2v) is 19.3. The van der Waals surface area contributed by atoms with E-state index in [2.05, 4.69) is 20.2 Å². The Morgan fingerprint density at radius 1 is 1.03 bits per heavy atom. The molecule has 1 amide bonds. The predicted molar refractivity (Wildman–Crippen MR) is 215 cm³/mol. The number of fused-ring (bicyclic) bond motifs is 5. The maximum atomic E-state index is 15.7. The van der Waals surface area contributed by atoms with E-state index in [9.17, 15) is 40.3 Å². The van der Waals surface area contributed by atoms with E-state index >= 15 is 8.78 Å². The minimum absolute atomic E-state index is 0.00513. The Morgan fingerprint density at radius 3 is 2.39 bits per heavy atom. The van der Waals surface area contributed by atoms with Gasteiger partial charge in [-0.1, -0.05) is 23.5 Å². The van der Waals surface area contributed by atoms with Crippen LogP contribution in [0.2, 0.25) is 0 Å². The molecule has 2 aromatic carbocycles. The number of aromatic nitrogens is 6. The number of pyridine rings is 1. The summed E-state index contributed by atoms with van der Waals surface area (Å²) in [5.41, 5.74) is -2.42. The Morgan fingerprint density at radius 2 is 1.74 bits per heavy atom. The number of aryl methyl sites for hydroxylation is 1. The fourth-order valence-corrected chi connectivity index (χ4v) is 10.5. The van der Waals surface area contributed by atoms with Crippen LogP contribution in [0.1, 0.15) is 72.8 Å². The number of amides is 1. The molecule has 2 fully saturated rings. The standard InChI is InChI=1S/C40H38F7N9O4S2/c1-38(58)9-11-55(12-10-38)37-50-36-28(61-37)17-25(22-5-4-6-24-32(22)54(2)52-35(24)53-62(3,59)60)31(49-36)27(15-19-13-20(41)16-21(42)14-19)48-29(57)18-56-34-30(33(51-56)40(45,46)47)23-7-8-26(23)39(34,43)44/h4-6,13-14,16-17,23,26-27,58H,7-12,15,18H2,1-3H3,(H,48,57)(H,52,53)/t23-,26+,27?/m0/s1. The van der Waals surface area contributed by atoms with Crippen molar-refractivity contribution in [2.45, 2.75) is 75.2 Å². The zero-order chi connectivity index (χ0) is 44.3. The van der Waals surface area contributed by atoms with E-state index in [1.807, 2.05) is 4.90 Å².